The number of anilines is 1. The highest BCUT2D eigenvalue weighted by molar-refractivity contribution is 5.46. The standard InChI is InChI=1S/C20H28N2O/c1-4-16-7-5-6-8-20(16)23-14-13-18(15-21)17-9-11-19(12-10-17)22(2)3/h5-12,18H,4,13-15,21H2,1-3H3. The molecule has 2 N–H and O–H groups in total. The summed E-state index contributed by atoms with van der Waals surface area (Å²) < 4.78 is 5.98. The molecule has 0 aliphatic rings. The molecular weight excluding hydrogens is 284 g/mol. The van der Waals surface area contributed by atoms with Gasteiger partial charge in [-0.25, -0.2) is 0 Å². The molecule has 23 heavy (non-hydrogen) atoms. The van der Waals surface area contributed by atoms with Gasteiger partial charge in [0.1, 0.15) is 5.75 Å². The zero-order valence-corrected chi connectivity index (χ0v) is 14.5. The number of hydrogen-bond acceptors (Lipinski definition) is 3. The summed E-state index contributed by atoms with van der Waals surface area (Å²) in [7, 11) is 4.10. The van der Waals surface area contributed by atoms with Crippen molar-refractivity contribution in [1.82, 2.24) is 0 Å². The summed E-state index contributed by atoms with van der Waals surface area (Å²) in [4.78, 5) is 2.10. The van der Waals surface area contributed by atoms with E-state index >= 15 is 0 Å². The zero-order chi connectivity index (χ0) is 16.7. The molecule has 0 saturated carbocycles. The summed E-state index contributed by atoms with van der Waals surface area (Å²) >= 11 is 0. The lowest BCUT2D eigenvalue weighted by atomic mass is 9.96. The number of aryl methyl sites for hydroxylation is 1. The molecule has 0 amide bonds. The predicted octanol–water partition coefficient (Wildman–Crippen LogP) is 3.83. The Balaban J connectivity index is 1.94. The van der Waals surface area contributed by atoms with Crippen LogP contribution in [-0.4, -0.2) is 27.2 Å². The molecule has 0 bridgehead atoms. The van der Waals surface area contributed by atoms with Crippen molar-refractivity contribution in [3.63, 3.8) is 0 Å². The Bertz CT molecular complexity index is 593. The highest BCUT2D eigenvalue weighted by Gasteiger charge is 2.11. The maximum Gasteiger partial charge on any atom is 0.122 e. The van der Waals surface area contributed by atoms with Crippen molar-refractivity contribution in [3.05, 3.63) is 59.7 Å². The van der Waals surface area contributed by atoms with Crippen LogP contribution in [0.3, 0.4) is 0 Å². The second-order valence-corrected chi connectivity index (χ2v) is 6.02. The molecule has 2 aromatic rings. The molecule has 0 radical (unpaired) electrons. The Hall–Kier alpha value is -2.00. The Morgan fingerprint density at radius 2 is 1.74 bits per heavy atom. The van der Waals surface area contributed by atoms with Gasteiger partial charge < -0.3 is 15.4 Å². The third kappa shape index (κ3) is 4.73. The van der Waals surface area contributed by atoms with Gasteiger partial charge in [-0.05, 0) is 54.6 Å². The van der Waals surface area contributed by atoms with E-state index in [1.807, 2.05) is 12.1 Å². The van der Waals surface area contributed by atoms with E-state index in [-0.39, 0.29) is 0 Å². The van der Waals surface area contributed by atoms with E-state index in [2.05, 4.69) is 62.3 Å². The number of hydrogen-bond donors (Lipinski definition) is 1. The number of benzene rings is 2. The van der Waals surface area contributed by atoms with Gasteiger partial charge in [0.15, 0.2) is 0 Å². The molecular formula is C20H28N2O. The van der Waals surface area contributed by atoms with Crippen molar-refractivity contribution in [1.29, 1.82) is 0 Å². The quantitative estimate of drug-likeness (QED) is 0.805. The second kappa shape index (κ2) is 8.59. The molecule has 2 rings (SSSR count). The lowest BCUT2D eigenvalue weighted by Crippen LogP contribution is -2.16. The van der Waals surface area contributed by atoms with Gasteiger partial charge in [-0.15, -0.1) is 0 Å². The molecule has 1 atom stereocenters. The highest BCUT2D eigenvalue weighted by atomic mass is 16.5. The summed E-state index contributed by atoms with van der Waals surface area (Å²) in [5.41, 5.74) is 9.72. The van der Waals surface area contributed by atoms with Crippen LogP contribution in [0.15, 0.2) is 48.5 Å². The Kier molecular flexibility index (Phi) is 6.48. The van der Waals surface area contributed by atoms with Gasteiger partial charge in [0, 0.05) is 19.8 Å². The van der Waals surface area contributed by atoms with Crippen LogP contribution in [0.4, 0.5) is 5.69 Å². The molecule has 2 aromatic carbocycles. The Morgan fingerprint density at radius 1 is 1.04 bits per heavy atom. The van der Waals surface area contributed by atoms with E-state index in [4.69, 9.17) is 10.5 Å². The third-order valence-corrected chi connectivity index (χ3v) is 4.24. The monoisotopic (exact) mass is 312 g/mol. The molecule has 3 heteroatoms. The third-order valence-electron chi connectivity index (χ3n) is 4.24. The SMILES string of the molecule is CCc1ccccc1OCCC(CN)c1ccc(N(C)C)cc1. The number of ether oxygens (including phenoxy) is 1. The summed E-state index contributed by atoms with van der Waals surface area (Å²) in [6, 6.07) is 16.9. The minimum atomic E-state index is 0.333. The number of nitrogens with zero attached hydrogens (tertiary/aromatic N) is 1. The summed E-state index contributed by atoms with van der Waals surface area (Å²) in [6.45, 7) is 3.48. The number of rotatable bonds is 8. The van der Waals surface area contributed by atoms with Gasteiger partial charge in [-0.3, -0.25) is 0 Å². The van der Waals surface area contributed by atoms with Crippen LogP contribution in [0.25, 0.3) is 0 Å². The van der Waals surface area contributed by atoms with Gasteiger partial charge in [0.2, 0.25) is 0 Å². The van der Waals surface area contributed by atoms with Crippen molar-refractivity contribution in [2.45, 2.75) is 25.7 Å². The van der Waals surface area contributed by atoms with E-state index in [9.17, 15) is 0 Å². The lowest BCUT2D eigenvalue weighted by molar-refractivity contribution is 0.295. The largest absolute Gasteiger partial charge is 0.493 e. The minimum Gasteiger partial charge on any atom is -0.493 e. The summed E-state index contributed by atoms with van der Waals surface area (Å²) in [5.74, 6) is 1.33. The topological polar surface area (TPSA) is 38.5 Å². The van der Waals surface area contributed by atoms with Crippen LogP contribution in [0.5, 0.6) is 5.75 Å². The first-order valence-corrected chi connectivity index (χ1v) is 8.33. The van der Waals surface area contributed by atoms with Crippen LogP contribution in [0, 0.1) is 0 Å². The van der Waals surface area contributed by atoms with Crippen LogP contribution in [0.2, 0.25) is 0 Å². The van der Waals surface area contributed by atoms with Crippen molar-refractivity contribution in [3.8, 4) is 5.75 Å². The Morgan fingerprint density at radius 3 is 2.35 bits per heavy atom. The van der Waals surface area contributed by atoms with Crippen LogP contribution in [-0.2, 0) is 6.42 Å². The maximum atomic E-state index is 5.98. The molecule has 0 aliphatic carbocycles. The van der Waals surface area contributed by atoms with Crippen LogP contribution >= 0.6 is 0 Å². The first kappa shape index (κ1) is 17.4. The van der Waals surface area contributed by atoms with Crippen molar-refractivity contribution < 1.29 is 4.74 Å². The molecule has 0 aromatic heterocycles. The lowest BCUT2D eigenvalue weighted by Gasteiger charge is -2.18. The van der Waals surface area contributed by atoms with Gasteiger partial charge in [-0.2, -0.15) is 0 Å². The fourth-order valence-corrected chi connectivity index (χ4v) is 2.71. The molecule has 3 nitrogen and oxygen atoms in total. The van der Waals surface area contributed by atoms with Crippen molar-refractivity contribution in [2.75, 3.05) is 32.1 Å². The fraction of sp³-hybridized carbons (Fsp3) is 0.400. The van der Waals surface area contributed by atoms with Gasteiger partial charge >= 0.3 is 0 Å². The van der Waals surface area contributed by atoms with E-state index in [0.29, 0.717) is 19.1 Å². The molecule has 0 heterocycles. The predicted molar refractivity (Wildman–Crippen MR) is 98.5 cm³/mol. The molecule has 0 spiro atoms. The van der Waals surface area contributed by atoms with E-state index in [0.717, 1.165) is 18.6 Å². The second-order valence-electron chi connectivity index (χ2n) is 6.02. The first-order valence-electron chi connectivity index (χ1n) is 8.33. The summed E-state index contributed by atoms with van der Waals surface area (Å²) in [5, 5.41) is 0. The van der Waals surface area contributed by atoms with Gasteiger partial charge in [-0.1, -0.05) is 37.3 Å². The Labute approximate surface area is 140 Å². The van der Waals surface area contributed by atoms with Gasteiger partial charge in [0.05, 0.1) is 6.61 Å². The fourth-order valence-electron chi connectivity index (χ4n) is 2.71. The first-order chi connectivity index (χ1) is 11.2. The molecule has 0 aliphatic heterocycles. The van der Waals surface area contributed by atoms with Crippen LogP contribution in [0.1, 0.15) is 30.4 Å². The smallest absolute Gasteiger partial charge is 0.122 e. The normalized spacial score (nSPS) is 12.0. The molecule has 0 fully saturated rings. The van der Waals surface area contributed by atoms with Crippen LogP contribution < -0.4 is 15.4 Å². The average Bonchev–Trinajstić information content (AvgIpc) is 2.59. The van der Waals surface area contributed by atoms with E-state index < -0.39 is 0 Å². The molecule has 0 saturated heterocycles. The average molecular weight is 312 g/mol. The molecule has 1 unspecified atom stereocenters. The minimum absolute atomic E-state index is 0.333. The summed E-state index contributed by atoms with van der Waals surface area (Å²) in [6.07, 6.45) is 1.92. The maximum absolute atomic E-state index is 5.98. The number of nitrogens with two attached hydrogens (primary N) is 1. The van der Waals surface area contributed by atoms with E-state index in [1.54, 1.807) is 0 Å². The highest BCUT2D eigenvalue weighted by Crippen LogP contribution is 2.23. The number of para-hydroxylation sites is 1. The van der Waals surface area contributed by atoms with E-state index in [1.165, 1.54) is 16.8 Å². The zero-order valence-electron chi connectivity index (χ0n) is 14.5. The van der Waals surface area contributed by atoms with Gasteiger partial charge in [0.25, 0.3) is 0 Å². The van der Waals surface area contributed by atoms with Crippen molar-refractivity contribution in [2.24, 2.45) is 5.73 Å². The van der Waals surface area contributed by atoms with Crippen molar-refractivity contribution >= 4 is 5.69 Å². The molecule has 124 valence electrons.